The van der Waals surface area contributed by atoms with Crippen molar-refractivity contribution in [1.82, 2.24) is 10.6 Å². The Kier molecular flexibility index (Phi) is 13.7. The maximum absolute atomic E-state index is 12.0. The number of carbonyl (C=O) groups is 2. The molecular formula is C13H28ClN3O2S2. The summed E-state index contributed by atoms with van der Waals surface area (Å²) >= 11 is 8.26. The van der Waals surface area contributed by atoms with Crippen molar-refractivity contribution in [3.8, 4) is 0 Å². The summed E-state index contributed by atoms with van der Waals surface area (Å²) in [6.45, 7) is 4.84. The largest absolute Gasteiger partial charge is 0.354 e. The Bertz CT molecular complexity index is 318. The van der Waals surface area contributed by atoms with Crippen LogP contribution in [0.5, 0.6) is 0 Å². The van der Waals surface area contributed by atoms with Gasteiger partial charge in [-0.15, -0.1) is 12.4 Å². The van der Waals surface area contributed by atoms with Crippen molar-refractivity contribution in [2.75, 3.05) is 24.6 Å². The van der Waals surface area contributed by atoms with Gasteiger partial charge in [-0.1, -0.05) is 20.3 Å². The van der Waals surface area contributed by atoms with Gasteiger partial charge in [0, 0.05) is 18.1 Å². The second-order valence-corrected chi connectivity index (χ2v) is 6.07. The van der Waals surface area contributed by atoms with Crippen LogP contribution < -0.4 is 16.4 Å². The van der Waals surface area contributed by atoms with Gasteiger partial charge in [-0.2, -0.15) is 25.3 Å². The molecule has 0 unspecified atom stereocenters. The molecule has 8 heteroatoms. The highest BCUT2D eigenvalue weighted by molar-refractivity contribution is 7.80. The molecule has 126 valence electrons. The summed E-state index contributed by atoms with van der Waals surface area (Å²) in [5.41, 5.74) is 4.79. The van der Waals surface area contributed by atoms with Crippen molar-refractivity contribution in [2.45, 2.75) is 39.2 Å². The first-order valence-electron chi connectivity index (χ1n) is 6.89. The first-order valence-corrected chi connectivity index (χ1v) is 8.16. The van der Waals surface area contributed by atoms with Crippen LogP contribution in [-0.4, -0.2) is 42.5 Å². The third kappa shape index (κ3) is 9.50. The van der Waals surface area contributed by atoms with E-state index in [1.165, 1.54) is 0 Å². The van der Waals surface area contributed by atoms with Gasteiger partial charge >= 0.3 is 0 Å². The quantitative estimate of drug-likeness (QED) is 0.299. The number of rotatable bonds is 10. The molecule has 4 N–H and O–H groups in total. The standard InChI is InChI=1S/C13H27N3O2S2.ClH/c1-13(2,9-20)12(18)16-10(8-19)11(17)15-7-5-3-4-6-14;/h10,19-20H,3-9,14H2,1-2H3,(H,15,17)(H,16,18);1H/t10-;/m0./s1. The van der Waals surface area contributed by atoms with Gasteiger partial charge in [0.1, 0.15) is 6.04 Å². The highest BCUT2D eigenvalue weighted by Gasteiger charge is 2.29. The van der Waals surface area contributed by atoms with Crippen molar-refractivity contribution in [3.63, 3.8) is 0 Å². The maximum atomic E-state index is 12.0. The van der Waals surface area contributed by atoms with E-state index in [4.69, 9.17) is 5.73 Å². The molecule has 0 aromatic carbocycles. The summed E-state index contributed by atoms with van der Waals surface area (Å²) < 4.78 is 0. The van der Waals surface area contributed by atoms with Crippen LogP contribution in [0.25, 0.3) is 0 Å². The molecule has 1 atom stereocenters. The van der Waals surface area contributed by atoms with Crippen LogP contribution in [0.4, 0.5) is 0 Å². The average Bonchev–Trinajstić information content (AvgIpc) is 2.43. The average molecular weight is 358 g/mol. The number of nitrogens with one attached hydrogen (secondary N) is 2. The fourth-order valence-electron chi connectivity index (χ4n) is 1.40. The Morgan fingerprint density at radius 3 is 2.29 bits per heavy atom. The highest BCUT2D eigenvalue weighted by Crippen LogP contribution is 2.16. The summed E-state index contributed by atoms with van der Waals surface area (Å²) in [5, 5.41) is 5.52. The molecular weight excluding hydrogens is 330 g/mol. The van der Waals surface area contributed by atoms with Crippen molar-refractivity contribution in [2.24, 2.45) is 11.1 Å². The lowest BCUT2D eigenvalue weighted by atomic mass is 9.95. The van der Waals surface area contributed by atoms with Crippen molar-refractivity contribution < 1.29 is 9.59 Å². The predicted molar refractivity (Wildman–Crippen MR) is 96.6 cm³/mol. The van der Waals surface area contributed by atoms with E-state index in [1.54, 1.807) is 13.8 Å². The molecule has 0 saturated heterocycles. The van der Waals surface area contributed by atoms with E-state index in [9.17, 15) is 9.59 Å². The molecule has 0 bridgehead atoms. The van der Waals surface area contributed by atoms with Gasteiger partial charge in [0.15, 0.2) is 0 Å². The molecule has 0 aliphatic heterocycles. The molecule has 0 radical (unpaired) electrons. The van der Waals surface area contributed by atoms with Crippen LogP contribution in [0.15, 0.2) is 0 Å². The van der Waals surface area contributed by atoms with E-state index in [1.807, 2.05) is 0 Å². The number of hydrogen-bond acceptors (Lipinski definition) is 5. The summed E-state index contributed by atoms with van der Waals surface area (Å²) in [6.07, 6.45) is 2.83. The van der Waals surface area contributed by atoms with Crippen molar-refractivity contribution >= 4 is 49.5 Å². The van der Waals surface area contributed by atoms with Gasteiger partial charge in [-0.25, -0.2) is 0 Å². The second kappa shape index (κ2) is 12.4. The summed E-state index contributed by atoms with van der Waals surface area (Å²) in [6, 6.07) is -0.612. The minimum Gasteiger partial charge on any atom is -0.354 e. The molecule has 0 fully saturated rings. The normalized spacial score (nSPS) is 12.2. The molecule has 21 heavy (non-hydrogen) atoms. The van der Waals surface area contributed by atoms with Gasteiger partial charge in [0.05, 0.1) is 5.41 Å². The number of unbranched alkanes of at least 4 members (excludes halogenated alkanes) is 2. The zero-order valence-electron chi connectivity index (χ0n) is 12.7. The first kappa shape index (κ1) is 23.2. The summed E-state index contributed by atoms with van der Waals surface area (Å²) in [5.74, 6) is 0.294. The lowest BCUT2D eigenvalue weighted by Crippen LogP contribution is -2.52. The Morgan fingerprint density at radius 2 is 1.81 bits per heavy atom. The van der Waals surface area contributed by atoms with Gasteiger partial charge in [0.25, 0.3) is 0 Å². The van der Waals surface area contributed by atoms with E-state index in [-0.39, 0.29) is 30.0 Å². The Labute approximate surface area is 144 Å². The Hall–Kier alpha value is -0.110. The number of thiol groups is 2. The molecule has 0 aromatic heterocycles. The van der Waals surface area contributed by atoms with E-state index in [0.29, 0.717) is 18.8 Å². The Morgan fingerprint density at radius 1 is 1.19 bits per heavy atom. The lowest BCUT2D eigenvalue weighted by molar-refractivity contribution is -0.132. The molecule has 0 aliphatic carbocycles. The highest BCUT2D eigenvalue weighted by atomic mass is 35.5. The minimum atomic E-state index is -0.612. The SMILES string of the molecule is CC(C)(CS)C(=O)N[C@@H](CS)C(=O)NCCCCCN.Cl. The van der Waals surface area contributed by atoms with Crippen LogP contribution >= 0.6 is 37.7 Å². The number of halogens is 1. The molecule has 0 rings (SSSR count). The molecule has 0 spiro atoms. The second-order valence-electron chi connectivity index (χ2n) is 5.39. The zero-order valence-corrected chi connectivity index (χ0v) is 15.3. The van der Waals surface area contributed by atoms with Gasteiger partial charge in [-0.05, 0) is 19.4 Å². The van der Waals surface area contributed by atoms with Gasteiger partial charge in [-0.3, -0.25) is 9.59 Å². The smallest absolute Gasteiger partial charge is 0.243 e. The fraction of sp³-hybridized carbons (Fsp3) is 0.846. The monoisotopic (exact) mass is 357 g/mol. The molecule has 5 nitrogen and oxygen atoms in total. The molecule has 0 aliphatic rings. The predicted octanol–water partition coefficient (Wildman–Crippen LogP) is 1.02. The molecule has 0 heterocycles. The fourth-order valence-corrected chi connectivity index (χ4v) is 1.80. The van der Waals surface area contributed by atoms with Crippen LogP contribution in [0, 0.1) is 5.41 Å². The van der Waals surface area contributed by atoms with Gasteiger partial charge in [0.2, 0.25) is 11.8 Å². The summed E-state index contributed by atoms with van der Waals surface area (Å²) in [4.78, 5) is 23.9. The third-order valence-corrected chi connectivity index (χ3v) is 4.15. The first-order chi connectivity index (χ1) is 9.38. The number of nitrogens with two attached hydrogens (primary N) is 1. The van der Waals surface area contributed by atoms with Gasteiger partial charge < -0.3 is 16.4 Å². The van der Waals surface area contributed by atoms with Crippen LogP contribution in [0.2, 0.25) is 0 Å². The Balaban J connectivity index is 0. The maximum Gasteiger partial charge on any atom is 0.243 e. The topological polar surface area (TPSA) is 84.2 Å². The number of amides is 2. The lowest BCUT2D eigenvalue weighted by Gasteiger charge is -2.24. The van der Waals surface area contributed by atoms with Crippen LogP contribution in [0.1, 0.15) is 33.1 Å². The molecule has 0 aromatic rings. The van der Waals surface area contributed by atoms with Crippen LogP contribution in [0.3, 0.4) is 0 Å². The van der Waals surface area contributed by atoms with E-state index < -0.39 is 11.5 Å². The van der Waals surface area contributed by atoms with E-state index >= 15 is 0 Å². The van der Waals surface area contributed by atoms with Crippen molar-refractivity contribution in [1.29, 1.82) is 0 Å². The zero-order chi connectivity index (χ0) is 15.6. The van der Waals surface area contributed by atoms with Crippen molar-refractivity contribution in [3.05, 3.63) is 0 Å². The van der Waals surface area contributed by atoms with E-state index in [0.717, 1.165) is 19.3 Å². The minimum absolute atomic E-state index is 0. The van der Waals surface area contributed by atoms with Crippen LogP contribution in [-0.2, 0) is 9.59 Å². The number of carbonyl (C=O) groups excluding carboxylic acids is 2. The third-order valence-electron chi connectivity index (χ3n) is 2.99. The molecule has 0 saturated carbocycles. The van der Waals surface area contributed by atoms with E-state index in [2.05, 4.69) is 35.9 Å². The summed E-state index contributed by atoms with van der Waals surface area (Å²) in [7, 11) is 0. The molecule has 2 amide bonds. The number of hydrogen-bond donors (Lipinski definition) is 5.